The number of anilines is 3. The molecule has 0 spiro atoms. The van der Waals surface area contributed by atoms with Crippen molar-refractivity contribution in [1.29, 1.82) is 0 Å². The van der Waals surface area contributed by atoms with Crippen LogP contribution in [0.5, 0.6) is 11.5 Å². The number of methoxy groups -OCH3 is 2. The molecular weight excluding hydrogens is 256 g/mol. The molecule has 0 unspecified atom stereocenters. The van der Waals surface area contributed by atoms with Gasteiger partial charge in [0, 0.05) is 13.1 Å². The summed E-state index contributed by atoms with van der Waals surface area (Å²) in [5, 5.41) is 7.64. The fraction of sp³-hybridized carbons (Fsp3) is 0.357. The lowest BCUT2D eigenvalue weighted by atomic mass is 10.2. The number of aromatic nitrogens is 2. The van der Waals surface area contributed by atoms with E-state index in [9.17, 15) is 0 Å². The SMILES string of the molecule is CCc1nn(C)c(Nc2cc(OC)ccc2OC)c1N. The normalized spacial score (nSPS) is 10.4. The van der Waals surface area contributed by atoms with Gasteiger partial charge in [0.15, 0.2) is 5.82 Å². The molecule has 0 radical (unpaired) electrons. The van der Waals surface area contributed by atoms with Crippen molar-refractivity contribution in [2.75, 3.05) is 25.3 Å². The molecule has 0 aliphatic heterocycles. The van der Waals surface area contributed by atoms with Crippen LogP contribution in [-0.4, -0.2) is 24.0 Å². The van der Waals surface area contributed by atoms with Crippen LogP contribution in [0.4, 0.5) is 17.2 Å². The lowest BCUT2D eigenvalue weighted by molar-refractivity contribution is 0.405. The number of nitrogens with two attached hydrogens (primary N) is 1. The van der Waals surface area contributed by atoms with Crippen LogP contribution in [0.2, 0.25) is 0 Å². The molecule has 0 fully saturated rings. The highest BCUT2D eigenvalue weighted by atomic mass is 16.5. The van der Waals surface area contributed by atoms with E-state index in [1.807, 2.05) is 32.2 Å². The predicted octanol–water partition coefficient (Wildman–Crippen LogP) is 2.33. The first-order valence-corrected chi connectivity index (χ1v) is 6.41. The van der Waals surface area contributed by atoms with Crippen molar-refractivity contribution in [2.45, 2.75) is 13.3 Å². The molecule has 108 valence electrons. The topological polar surface area (TPSA) is 74.3 Å². The van der Waals surface area contributed by atoms with E-state index in [2.05, 4.69) is 10.4 Å². The number of nitrogens with zero attached hydrogens (tertiary/aromatic N) is 2. The number of ether oxygens (including phenoxy) is 2. The summed E-state index contributed by atoms with van der Waals surface area (Å²) in [5.74, 6) is 2.20. The summed E-state index contributed by atoms with van der Waals surface area (Å²) in [5.41, 5.74) is 8.41. The van der Waals surface area contributed by atoms with Crippen molar-refractivity contribution in [3.05, 3.63) is 23.9 Å². The zero-order valence-electron chi connectivity index (χ0n) is 12.2. The number of aryl methyl sites for hydroxylation is 2. The molecule has 6 heteroatoms. The molecule has 2 aromatic rings. The Morgan fingerprint density at radius 3 is 2.60 bits per heavy atom. The van der Waals surface area contributed by atoms with Crippen LogP contribution < -0.4 is 20.5 Å². The number of benzene rings is 1. The third kappa shape index (κ3) is 2.49. The fourth-order valence-corrected chi connectivity index (χ4v) is 2.04. The Kier molecular flexibility index (Phi) is 4.02. The van der Waals surface area contributed by atoms with Crippen molar-refractivity contribution < 1.29 is 9.47 Å². The van der Waals surface area contributed by atoms with Gasteiger partial charge in [-0.15, -0.1) is 0 Å². The Bertz CT molecular complexity index is 607. The molecule has 2 rings (SSSR count). The highest BCUT2D eigenvalue weighted by Gasteiger charge is 2.14. The summed E-state index contributed by atoms with van der Waals surface area (Å²) in [4.78, 5) is 0. The van der Waals surface area contributed by atoms with Gasteiger partial charge >= 0.3 is 0 Å². The smallest absolute Gasteiger partial charge is 0.152 e. The van der Waals surface area contributed by atoms with Gasteiger partial charge in [-0.25, -0.2) is 0 Å². The molecule has 1 aromatic carbocycles. The lowest BCUT2D eigenvalue weighted by Crippen LogP contribution is -2.03. The summed E-state index contributed by atoms with van der Waals surface area (Å²) < 4.78 is 12.3. The monoisotopic (exact) mass is 276 g/mol. The van der Waals surface area contributed by atoms with Crippen molar-refractivity contribution in [3.8, 4) is 11.5 Å². The summed E-state index contributed by atoms with van der Waals surface area (Å²) in [7, 11) is 5.10. The van der Waals surface area contributed by atoms with Crippen LogP contribution >= 0.6 is 0 Å². The van der Waals surface area contributed by atoms with Crippen molar-refractivity contribution in [2.24, 2.45) is 7.05 Å². The molecule has 1 aromatic heterocycles. The zero-order chi connectivity index (χ0) is 14.7. The maximum Gasteiger partial charge on any atom is 0.152 e. The van der Waals surface area contributed by atoms with Gasteiger partial charge in [0.1, 0.15) is 11.5 Å². The third-order valence-electron chi connectivity index (χ3n) is 3.15. The molecule has 0 saturated heterocycles. The Hall–Kier alpha value is -2.37. The van der Waals surface area contributed by atoms with Gasteiger partial charge in [0.2, 0.25) is 0 Å². The Morgan fingerprint density at radius 2 is 2.05 bits per heavy atom. The summed E-state index contributed by atoms with van der Waals surface area (Å²) in [6.45, 7) is 2.02. The average Bonchev–Trinajstić information content (AvgIpc) is 2.74. The minimum absolute atomic E-state index is 0.653. The fourth-order valence-electron chi connectivity index (χ4n) is 2.04. The molecule has 0 aliphatic rings. The van der Waals surface area contributed by atoms with Gasteiger partial charge < -0.3 is 20.5 Å². The second-order valence-corrected chi connectivity index (χ2v) is 4.38. The van der Waals surface area contributed by atoms with Gasteiger partial charge in [-0.3, -0.25) is 4.68 Å². The first-order chi connectivity index (χ1) is 9.60. The average molecular weight is 276 g/mol. The van der Waals surface area contributed by atoms with Crippen LogP contribution in [0.25, 0.3) is 0 Å². The predicted molar refractivity (Wildman–Crippen MR) is 79.8 cm³/mol. The van der Waals surface area contributed by atoms with Crippen LogP contribution in [-0.2, 0) is 13.5 Å². The van der Waals surface area contributed by atoms with Crippen molar-refractivity contribution in [1.82, 2.24) is 9.78 Å². The van der Waals surface area contributed by atoms with Crippen molar-refractivity contribution >= 4 is 17.2 Å². The van der Waals surface area contributed by atoms with Crippen LogP contribution in [0, 0.1) is 0 Å². The van der Waals surface area contributed by atoms with E-state index in [4.69, 9.17) is 15.2 Å². The molecule has 3 N–H and O–H groups in total. The molecular formula is C14H20N4O2. The van der Waals surface area contributed by atoms with E-state index < -0.39 is 0 Å². The zero-order valence-corrected chi connectivity index (χ0v) is 12.2. The first-order valence-electron chi connectivity index (χ1n) is 6.41. The molecule has 0 aliphatic carbocycles. The van der Waals surface area contributed by atoms with Crippen LogP contribution in [0.15, 0.2) is 18.2 Å². The molecule has 20 heavy (non-hydrogen) atoms. The molecule has 1 heterocycles. The molecule has 0 bridgehead atoms. The second-order valence-electron chi connectivity index (χ2n) is 4.38. The standard InChI is InChI=1S/C14H20N4O2/c1-5-10-13(15)14(18(2)17-10)16-11-8-9(19-3)6-7-12(11)20-4/h6-8,16H,5,15H2,1-4H3. The largest absolute Gasteiger partial charge is 0.497 e. The molecule has 0 amide bonds. The van der Waals surface area contributed by atoms with Gasteiger partial charge in [-0.2, -0.15) is 5.10 Å². The lowest BCUT2D eigenvalue weighted by Gasteiger charge is -2.13. The van der Waals surface area contributed by atoms with Crippen LogP contribution in [0.3, 0.4) is 0 Å². The number of nitrogen functional groups attached to an aromatic ring is 1. The molecule has 0 atom stereocenters. The number of rotatable bonds is 5. The summed E-state index contributed by atoms with van der Waals surface area (Å²) in [6, 6.07) is 5.54. The van der Waals surface area contributed by atoms with E-state index in [-0.39, 0.29) is 0 Å². The number of hydrogen-bond acceptors (Lipinski definition) is 5. The number of hydrogen-bond donors (Lipinski definition) is 2. The first kappa shape index (κ1) is 14.0. The molecule has 0 saturated carbocycles. The quantitative estimate of drug-likeness (QED) is 0.876. The summed E-state index contributed by atoms with van der Waals surface area (Å²) >= 11 is 0. The Morgan fingerprint density at radius 1 is 1.30 bits per heavy atom. The van der Waals surface area contributed by atoms with Gasteiger partial charge in [-0.1, -0.05) is 6.92 Å². The highest BCUT2D eigenvalue weighted by molar-refractivity contribution is 5.75. The van der Waals surface area contributed by atoms with E-state index in [1.54, 1.807) is 18.9 Å². The van der Waals surface area contributed by atoms with E-state index in [0.717, 1.165) is 29.4 Å². The van der Waals surface area contributed by atoms with Gasteiger partial charge in [-0.05, 0) is 18.6 Å². The van der Waals surface area contributed by atoms with E-state index in [0.29, 0.717) is 11.4 Å². The minimum atomic E-state index is 0.653. The second kappa shape index (κ2) is 5.73. The Labute approximate surface area is 118 Å². The van der Waals surface area contributed by atoms with E-state index >= 15 is 0 Å². The maximum atomic E-state index is 6.11. The van der Waals surface area contributed by atoms with Gasteiger partial charge in [0.05, 0.1) is 31.3 Å². The Balaban J connectivity index is 2.41. The highest BCUT2D eigenvalue weighted by Crippen LogP contribution is 2.34. The molecule has 6 nitrogen and oxygen atoms in total. The van der Waals surface area contributed by atoms with E-state index in [1.165, 1.54) is 0 Å². The number of nitrogens with one attached hydrogen (secondary N) is 1. The minimum Gasteiger partial charge on any atom is -0.497 e. The third-order valence-corrected chi connectivity index (χ3v) is 3.15. The van der Waals surface area contributed by atoms with Crippen LogP contribution in [0.1, 0.15) is 12.6 Å². The summed E-state index contributed by atoms with van der Waals surface area (Å²) in [6.07, 6.45) is 0.788. The van der Waals surface area contributed by atoms with Crippen molar-refractivity contribution in [3.63, 3.8) is 0 Å². The van der Waals surface area contributed by atoms with Gasteiger partial charge in [0.25, 0.3) is 0 Å². The maximum absolute atomic E-state index is 6.11.